The van der Waals surface area contributed by atoms with E-state index in [0.717, 1.165) is 25.3 Å². The molecule has 104 valence electrons. The molecule has 0 unspecified atom stereocenters. The number of hydrogen-bond acceptors (Lipinski definition) is 4. The molecule has 4 heteroatoms. The van der Waals surface area contributed by atoms with Gasteiger partial charge in [-0.05, 0) is 37.1 Å². The van der Waals surface area contributed by atoms with Gasteiger partial charge in [0.25, 0.3) is 0 Å². The summed E-state index contributed by atoms with van der Waals surface area (Å²) in [6.07, 6.45) is 2.66. The lowest BCUT2D eigenvalue weighted by atomic mass is 10.1. The Balaban J connectivity index is 2.04. The molecule has 1 aliphatic heterocycles. The number of anilines is 2. The third kappa shape index (κ3) is 2.39. The average molecular weight is 268 g/mol. The maximum absolute atomic E-state index is 4.50. The zero-order valence-electron chi connectivity index (χ0n) is 12.3. The Morgan fingerprint density at radius 1 is 1.10 bits per heavy atom. The van der Waals surface area contributed by atoms with Crippen molar-refractivity contribution in [2.24, 2.45) is 0 Å². The second kappa shape index (κ2) is 5.21. The minimum atomic E-state index is 0.848. The topological polar surface area (TPSA) is 41.1 Å². The molecule has 3 rings (SSSR count). The molecule has 0 fully saturated rings. The fourth-order valence-electron chi connectivity index (χ4n) is 2.81. The molecule has 0 bridgehead atoms. The highest BCUT2D eigenvalue weighted by atomic mass is 15.2. The summed E-state index contributed by atoms with van der Waals surface area (Å²) >= 11 is 0. The van der Waals surface area contributed by atoms with Gasteiger partial charge in [0.05, 0.1) is 5.69 Å². The van der Waals surface area contributed by atoms with E-state index in [0.29, 0.717) is 0 Å². The molecule has 0 atom stereocenters. The molecule has 0 saturated heterocycles. The van der Waals surface area contributed by atoms with Gasteiger partial charge in [-0.15, -0.1) is 0 Å². The van der Waals surface area contributed by atoms with Crippen molar-refractivity contribution in [3.8, 4) is 0 Å². The first-order valence-electron chi connectivity index (χ1n) is 7.00. The number of aromatic nitrogens is 2. The molecule has 0 spiro atoms. The van der Waals surface area contributed by atoms with E-state index in [1.807, 2.05) is 0 Å². The monoisotopic (exact) mass is 268 g/mol. The maximum atomic E-state index is 4.50. The van der Waals surface area contributed by atoms with Gasteiger partial charge in [-0.3, -0.25) is 0 Å². The van der Waals surface area contributed by atoms with Gasteiger partial charge in [0, 0.05) is 37.8 Å². The molecule has 2 heterocycles. The summed E-state index contributed by atoms with van der Waals surface area (Å²) < 4.78 is 0. The van der Waals surface area contributed by atoms with E-state index >= 15 is 0 Å². The second-order valence-electron chi connectivity index (χ2n) is 5.45. The van der Waals surface area contributed by atoms with Crippen molar-refractivity contribution in [2.45, 2.75) is 26.8 Å². The lowest BCUT2D eigenvalue weighted by molar-refractivity contribution is 0.625. The minimum Gasteiger partial charge on any atom is -0.329 e. The van der Waals surface area contributed by atoms with Crippen LogP contribution in [0.15, 0.2) is 24.5 Å². The number of nitrogens with zero attached hydrogens (tertiary/aromatic N) is 3. The molecular weight excluding hydrogens is 248 g/mol. The summed E-state index contributed by atoms with van der Waals surface area (Å²) in [6, 6.07) is 6.57. The Hall–Kier alpha value is -1.94. The highest BCUT2D eigenvalue weighted by Crippen LogP contribution is 2.28. The Morgan fingerprint density at radius 2 is 1.85 bits per heavy atom. The van der Waals surface area contributed by atoms with Crippen molar-refractivity contribution in [2.75, 3.05) is 18.5 Å². The van der Waals surface area contributed by atoms with Crippen LogP contribution in [-0.4, -0.2) is 23.6 Å². The van der Waals surface area contributed by atoms with Gasteiger partial charge in [-0.25, -0.2) is 9.97 Å². The van der Waals surface area contributed by atoms with Crippen molar-refractivity contribution < 1.29 is 0 Å². The van der Waals surface area contributed by atoms with Crippen LogP contribution in [0.1, 0.15) is 22.4 Å². The van der Waals surface area contributed by atoms with Gasteiger partial charge in [-0.2, -0.15) is 0 Å². The Labute approximate surface area is 119 Å². The SMILES string of the molecule is Cc1cc(C)cc(N(C)c2ncnc3c2CNCC3)c1. The van der Waals surface area contributed by atoms with Crippen LogP contribution in [0.5, 0.6) is 0 Å². The van der Waals surface area contributed by atoms with Crippen LogP contribution in [0.4, 0.5) is 11.5 Å². The quantitative estimate of drug-likeness (QED) is 0.908. The fourth-order valence-corrected chi connectivity index (χ4v) is 2.81. The van der Waals surface area contributed by atoms with Crippen LogP contribution in [0, 0.1) is 13.8 Å². The Morgan fingerprint density at radius 3 is 2.60 bits per heavy atom. The molecule has 0 saturated carbocycles. The van der Waals surface area contributed by atoms with Crippen LogP contribution in [0.25, 0.3) is 0 Å². The van der Waals surface area contributed by atoms with Crippen LogP contribution in [-0.2, 0) is 13.0 Å². The summed E-state index contributed by atoms with van der Waals surface area (Å²) in [6.45, 7) is 6.10. The largest absolute Gasteiger partial charge is 0.329 e. The predicted molar refractivity (Wildman–Crippen MR) is 81.4 cm³/mol. The zero-order valence-corrected chi connectivity index (χ0v) is 12.3. The summed E-state index contributed by atoms with van der Waals surface area (Å²) in [5.41, 5.74) is 6.11. The van der Waals surface area contributed by atoms with Crippen LogP contribution >= 0.6 is 0 Å². The Bertz CT molecular complexity index is 616. The average Bonchev–Trinajstić information content (AvgIpc) is 2.45. The number of fused-ring (bicyclic) bond motifs is 1. The first-order chi connectivity index (χ1) is 9.65. The minimum absolute atomic E-state index is 0.848. The number of nitrogens with one attached hydrogen (secondary N) is 1. The summed E-state index contributed by atoms with van der Waals surface area (Å²) in [5, 5.41) is 3.40. The third-order valence-electron chi connectivity index (χ3n) is 3.76. The molecule has 0 radical (unpaired) electrons. The van der Waals surface area contributed by atoms with E-state index in [4.69, 9.17) is 0 Å². The second-order valence-corrected chi connectivity index (χ2v) is 5.45. The molecule has 1 aromatic carbocycles. The molecule has 0 aliphatic carbocycles. The van der Waals surface area contributed by atoms with E-state index in [1.165, 1.54) is 28.1 Å². The smallest absolute Gasteiger partial charge is 0.140 e. The van der Waals surface area contributed by atoms with Crippen LogP contribution in [0.3, 0.4) is 0 Å². The van der Waals surface area contributed by atoms with Crippen molar-refractivity contribution >= 4 is 11.5 Å². The van der Waals surface area contributed by atoms with Crippen molar-refractivity contribution in [1.82, 2.24) is 15.3 Å². The highest BCUT2D eigenvalue weighted by molar-refractivity contribution is 5.64. The third-order valence-corrected chi connectivity index (χ3v) is 3.76. The van der Waals surface area contributed by atoms with E-state index < -0.39 is 0 Å². The standard InChI is InChI=1S/C16H20N4/c1-11-6-12(2)8-13(7-11)20(3)16-14-9-17-5-4-15(14)18-10-19-16/h6-8,10,17H,4-5,9H2,1-3H3. The lowest BCUT2D eigenvalue weighted by Gasteiger charge is -2.25. The first kappa shape index (κ1) is 13.1. The highest BCUT2D eigenvalue weighted by Gasteiger charge is 2.18. The summed E-state index contributed by atoms with van der Waals surface area (Å²) in [5.74, 6) is 1.01. The molecule has 1 aliphatic rings. The molecule has 1 N–H and O–H groups in total. The van der Waals surface area contributed by atoms with Gasteiger partial charge in [0.15, 0.2) is 0 Å². The van der Waals surface area contributed by atoms with E-state index in [1.54, 1.807) is 6.33 Å². The van der Waals surface area contributed by atoms with Gasteiger partial charge < -0.3 is 10.2 Å². The Kier molecular flexibility index (Phi) is 3.40. The van der Waals surface area contributed by atoms with Crippen molar-refractivity contribution in [1.29, 1.82) is 0 Å². The van der Waals surface area contributed by atoms with Crippen LogP contribution < -0.4 is 10.2 Å². The van der Waals surface area contributed by atoms with Gasteiger partial charge in [0.2, 0.25) is 0 Å². The van der Waals surface area contributed by atoms with Gasteiger partial charge >= 0.3 is 0 Å². The van der Waals surface area contributed by atoms with E-state index in [2.05, 4.69) is 59.3 Å². The summed E-state index contributed by atoms with van der Waals surface area (Å²) in [4.78, 5) is 11.1. The normalized spacial score (nSPS) is 13.9. The zero-order chi connectivity index (χ0) is 14.1. The van der Waals surface area contributed by atoms with E-state index in [9.17, 15) is 0 Å². The maximum Gasteiger partial charge on any atom is 0.140 e. The number of rotatable bonds is 2. The number of hydrogen-bond donors (Lipinski definition) is 1. The first-order valence-corrected chi connectivity index (χ1v) is 7.00. The summed E-state index contributed by atoms with van der Waals surface area (Å²) in [7, 11) is 2.07. The predicted octanol–water partition coefficient (Wildman–Crippen LogP) is 2.51. The van der Waals surface area contributed by atoms with E-state index in [-0.39, 0.29) is 0 Å². The fraction of sp³-hybridized carbons (Fsp3) is 0.375. The lowest BCUT2D eigenvalue weighted by Crippen LogP contribution is -2.27. The molecule has 20 heavy (non-hydrogen) atoms. The van der Waals surface area contributed by atoms with Crippen molar-refractivity contribution in [3.63, 3.8) is 0 Å². The van der Waals surface area contributed by atoms with Gasteiger partial charge in [0.1, 0.15) is 12.1 Å². The molecule has 1 aromatic heterocycles. The number of aryl methyl sites for hydroxylation is 2. The van der Waals surface area contributed by atoms with Gasteiger partial charge in [-0.1, -0.05) is 6.07 Å². The molecule has 0 amide bonds. The van der Waals surface area contributed by atoms with Crippen LogP contribution in [0.2, 0.25) is 0 Å². The molecule has 4 nitrogen and oxygen atoms in total. The molecular formula is C16H20N4. The number of benzene rings is 1. The molecule has 2 aromatic rings. The van der Waals surface area contributed by atoms with Crippen molar-refractivity contribution in [3.05, 3.63) is 46.9 Å².